The minimum Gasteiger partial charge on any atom is -0.327 e. The fourth-order valence-electron chi connectivity index (χ4n) is 2.21. The Morgan fingerprint density at radius 1 is 1.10 bits per heavy atom. The van der Waals surface area contributed by atoms with E-state index in [-0.39, 0.29) is 6.04 Å². The molecule has 0 aliphatic heterocycles. The first-order chi connectivity index (χ1) is 9.58. The third-order valence-corrected chi connectivity index (χ3v) is 4.65. The number of benzene rings is 2. The number of aryl methyl sites for hydroxylation is 2. The van der Waals surface area contributed by atoms with Gasteiger partial charge in [-0.15, -0.1) is 0 Å². The summed E-state index contributed by atoms with van der Waals surface area (Å²) < 4.78 is 0. The molecule has 0 radical (unpaired) electrons. The molecule has 0 saturated carbocycles. The highest BCUT2D eigenvalue weighted by atomic mass is 32.2. The lowest BCUT2D eigenvalue weighted by atomic mass is 10.0. The van der Waals surface area contributed by atoms with Crippen LogP contribution in [0, 0.1) is 13.8 Å². The number of nitrogens with two attached hydrogens (primary N) is 1. The van der Waals surface area contributed by atoms with Crippen molar-refractivity contribution in [2.75, 3.05) is 0 Å². The van der Waals surface area contributed by atoms with Gasteiger partial charge >= 0.3 is 0 Å². The summed E-state index contributed by atoms with van der Waals surface area (Å²) in [5, 5.41) is 0. The van der Waals surface area contributed by atoms with E-state index >= 15 is 0 Å². The van der Waals surface area contributed by atoms with Crippen molar-refractivity contribution in [2.24, 2.45) is 5.73 Å². The van der Waals surface area contributed by atoms with Crippen LogP contribution in [0.2, 0.25) is 0 Å². The lowest BCUT2D eigenvalue weighted by molar-refractivity contribution is 0.646. The highest BCUT2D eigenvalue weighted by Crippen LogP contribution is 2.31. The predicted molar refractivity (Wildman–Crippen MR) is 88.5 cm³/mol. The van der Waals surface area contributed by atoms with Gasteiger partial charge in [-0.2, -0.15) is 0 Å². The van der Waals surface area contributed by atoms with Gasteiger partial charge in [-0.05, 0) is 56.0 Å². The molecule has 1 nitrogen and oxygen atoms in total. The quantitative estimate of drug-likeness (QED) is 0.859. The van der Waals surface area contributed by atoms with Gasteiger partial charge in [-0.3, -0.25) is 0 Å². The zero-order chi connectivity index (χ0) is 14.5. The van der Waals surface area contributed by atoms with Gasteiger partial charge in [0.2, 0.25) is 0 Å². The Labute approximate surface area is 126 Å². The lowest BCUT2D eigenvalue weighted by Crippen LogP contribution is -2.21. The highest BCUT2D eigenvalue weighted by Gasteiger charge is 2.05. The molecule has 2 heteroatoms. The first-order valence-electron chi connectivity index (χ1n) is 7.18. The summed E-state index contributed by atoms with van der Waals surface area (Å²) in [6.07, 6.45) is 1.99. The second-order valence-corrected chi connectivity index (χ2v) is 6.51. The van der Waals surface area contributed by atoms with Gasteiger partial charge in [-0.1, -0.05) is 48.5 Å². The third-order valence-electron chi connectivity index (χ3n) is 3.48. The maximum Gasteiger partial charge on any atom is 0.0151 e. The molecule has 0 heterocycles. The summed E-state index contributed by atoms with van der Waals surface area (Å²) in [5.74, 6) is 0. The molecule has 1 unspecified atom stereocenters. The fourth-order valence-corrected chi connectivity index (χ4v) is 3.21. The van der Waals surface area contributed by atoms with Crippen molar-refractivity contribution < 1.29 is 0 Å². The van der Waals surface area contributed by atoms with E-state index < -0.39 is 0 Å². The molecular formula is C18H23NS. The highest BCUT2D eigenvalue weighted by molar-refractivity contribution is 7.99. The molecule has 1 atom stereocenters. The normalized spacial score (nSPS) is 12.4. The van der Waals surface area contributed by atoms with E-state index in [4.69, 9.17) is 5.73 Å². The van der Waals surface area contributed by atoms with Crippen LogP contribution in [0.3, 0.4) is 0 Å². The van der Waals surface area contributed by atoms with Crippen molar-refractivity contribution in [3.63, 3.8) is 0 Å². The Balaban J connectivity index is 2.13. The van der Waals surface area contributed by atoms with E-state index in [1.54, 1.807) is 0 Å². The smallest absolute Gasteiger partial charge is 0.0151 e. The van der Waals surface area contributed by atoms with Gasteiger partial charge in [0.05, 0.1) is 0 Å². The minimum absolute atomic E-state index is 0.268. The second kappa shape index (κ2) is 6.96. The fraction of sp³-hybridized carbons (Fsp3) is 0.333. The van der Waals surface area contributed by atoms with E-state index in [1.807, 2.05) is 11.8 Å². The van der Waals surface area contributed by atoms with Crippen LogP contribution in [-0.4, -0.2) is 6.04 Å². The zero-order valence-electron chi connectivity index (χ0n) is 12.5. The number of hydrogen-bond acceptors (Lipinski definition) is 2. The van der Waals surface area contributed by atoms with Gasteiger partial charge < -0.3 is 5.73 Å². The predicted octanol–water partition coefficient (Wildman–Crippen LogP) is 4.73. The van der Waals surface area contributed by atoms with Crippen LogP contribution in [0.1, 0.15) is 30.0 Å². The van der Waals surface area contributed by atoms with Crippen LogP contribution in [0.4, 0.5) is 0 Å². The summed E-state index contributed by atoms with van der Waals surface area (Å²) in [7, 11) is 0. The van der Waals surface area contributed by atoms with Gasteiger partial charge in [0.15, 0.2) is 0 Å². The lowest BCUT2D eigenvalue weighted by Gasteiger charge is -2.12. The maximum atomic E-state index is 6.03. The van der Waals surface area contributed by atoms with Crippen LogP contribution in [0.5, 0.6) is 0 Å². The molecule has 2 rings (SSSR count). The molecule has 0 bridgehead atoms. The molecule has 0 amide bonds. The third kappa shape index (κ3) is 4.12. The summed E-state index contributed by atoms with van der Waals surface area (Å²) in [6.45, 7) is 6.45. The van der Waals surface area contributed by atoms with Crippen LogP contribution < -0.4 is 5.73 Å². The molecule has 0 aliphatic carbocycles. The molecule has 0 aliphatic rings. The molecule has 0 saturated heterocycles. The van der Waals surface area contributed by atoms with E-state index in [0.717, 1.165) is 12.8 Å². The van der Waals surface area contributed by atoms with Crippen LogP contribution in [0.25, 0.3) is 0 Å². The first kappa shape index (κ1) is 15.1. The van der Waals surface area contributed by atoms with Crippen molar-refractivity contribution in [1.82, 2.24) is 0 Å². The summed E-state index contributed by atoms with van der Waals surface area (Å²) in [6, 6.07) is 15.6. The Morgan fingerprint density at radius 2 is 1.90 bits per heavy atom. The van der Waals surface area contributed by atoms with Crippen molar-refractivity contribution in [2.45, 2.75) is 49.4 Å². The number of rotatable bonds is 5. The SMILES string of the molecule is CCC(N)Cc1ccc(Sc2cccc(C)c2)c(C)c1. The monoisotopic (exact) mass is 285 g/mol. The average Bonchev–Trinajstić information content (AvgIpc) is 2.42. The van der Waals surface area contributed by atoms with E-state index in [9.17, 15) is 0 Å². The Morgan fingerprint density at radius 3 is 2.55 bits per heavy atom. The molecule has 0 spiro atoms. The molecule has 0 fully saturated rings. The maximum absolute atomic E-state index is 6.03. The van der Waals surface area contributed by atoms with Crippen molar-refractivity contribution in [1.29, 1.82) is 0 Å². The van der Waals surface area contributed by atoms with Crippen LogP contribution in [-0.2, 0) is 6.42 Å². The largest absolute Gasteiger partial charge is 0.327 e. The molecule has 0 aromatic heterocycles. The molecule has 106 valence electrons. The van der Waals surface area contributed by atoms with E-state index in [2.05, 4.69) is 63.2 Å². The summed E-state index contributed by atoms with van der Waals surface area (Å²) in [5.41, 5.74) is 10.0. The first-order valence-corrected chi connectivity index (χ1v) is 7.99. The standard InChI is InChI=1S/C18H23NS/c1-4-16(19)12-15-8-9-18(14(3)11-15)20-17-7-5-6-13(2)10-17/h5-11,16H,4,12,19H2,1-3H3. The van der Waals surface area contributed by atoms with Gasteiger partial charge in [-0.25, -0.2) is 0 Å². The topological polar surface area (TPSA) is 26.0 Å². The van der Waals surface area contributed by atoms with Crippen LogP contribution in [0.15, 0.2) is 52.3 Å². The van der Waals surface area contributed by atoms with Gasteiger partial charge in [0.25, 0.3) is 0 Å². The zero-order valence-corrected chi connectivity index (χ0v) is 13.3. The van der Waals surface area contributed by atoms with Gasteiger partial charge in [0.1, 0.15) is 0 Å². The van der Waals surface area contributed by atoms with Crippen molar-refractivity contribution in [3.8, 4) is 0 Å². The number of hydrogen-bond donors (Lipinski definition) is 1. The molecule has 20 heavy (non-hydrogen) atoms. The van der Waals surface area contributed by atoms with Gasteiger partial charge in [0, 0.05) is 15.8 Å². The second-order valence-electron chi connectivity index (χ2n) is 5.39. The molecule has 2 aromatic rings. The minimum atomic E-state index is 0.268. The average molecular weight is 285 g/mol. The Hall–Kier alpha value is -1.25. The Kier molecular flexibility index (Phi) is 5.27. The molecular weight excluding hydrogens is 262 g/mol. The summed E-state index contributed by atoms with van der Waals surface area (Å²) >= 11 is 1.83. The Bertz CT molecular complexity index is 577. The van der Waals surface area contributed by atoms with Crippen molar-refractivity contribution >= 4 is 11.8 Å². The summed E-state index contributed by atoms with van der Waals surface area (Å²) in [4.78, 5) is 2.62. The molecule has 2 aromatic carbocycles. The van der Waals surface area contributed by atoms with E-state index in [1.165, 1.54) is 26.5 Å². The van der Waals surface area contributed by atoms with Crippen LogP contribution >= 0.6 is 11.8 Å². The van der Waals surface area contributed by atoms with Crippen molar-refractivity contribution in [3.05, 3.63) is 59.2 Å². The van der Waals surface area contributed by atoms with E-state index in [0.29, 0.717) is 0 Å². The molecule has 2 N–H and O–H groups in total.